The first kappa shape index (κ1) is 12.2. The largest absolute Gasteiger partial charge is 0.319 e. The molecule has 0 aromatic carbocycles. The van der Waals surface area contributed by atoms with Gasteiger partial charge in [0.25, 0.3) is 5.91 Å². The number of hydrazine groups is 1. The zero-order chi connectivity index (χ0) is 13.0. The van der Waals surface area contributed by atoms with Gasteiger partial charge in [-0.15, -0.1) is 0 Å². The molecule has 0 radical (unpaired) electrons. The molecule has 0 spiro atoms. The number of nitrogens with one attached hydrogen (secondary N) is 2. The number of anilines is 2. The highest BCUT2D eigenvalue weighted by Gasteiger charge is 2.09. The molecule has 0 aliphatic heterocycles. The smallest absolute Gasteiger partial charge is 0.255 e. The van der Waals surface area contributed by atoms with Crippen LogP contribution in [0.25, 0.3) is 0 Å². The van der Waals surface area contributed by atoms with Crippen LogP contribution in [0.2, 0.25) is 5.15 Å². The number of halogens is 1. The van der Waals surface area contributed by atoms with Crippen molar-refractivity contribution in [3.63, 3.8) is 0 Å². The molecule has 2 aromatic rings. The molecule has 2 aromatic heterocycles. The first-order chi connectivity index (χ1) is 8.69. The summed E-state index contributed by atoms with van der Waals surface area (Å²) < 4.78 is 0. The highest BCUT2D eigenvalue weighted by molar-refractivity contribution is 6.30. The van der Waals surface area contributed by atoms with Gasteiger partial charge in [0, 0.05) is 5.56 Å². The fourth-order valence-electron chi connectivity index (χ4n) is 1.27. The molecule has 0 saturated heterocycles. The van der Waals surface area contributed by atoms with E-state index in [1.807, 2.05) is 0 Å². The summed E-state index contributed by atoms with van der Waals surface area (Å²) in [7, 11) is 0. The Morgan fingerprint density at radius 1 is 1.28 bits per heavy atom. The number of hydrogen-bond acceptors (Lipinski definition) is 6. The van der Waals surface area contributed by atoms with Crippen molar-refractivity contribution in [1.82, 2.24) is 15.0 Å². The number of hydrogen-bond donors (Lipinski definition) is 3. The van der Waals surface area contributed by atoms with Crippen LogP contribution in [0.4, 0.5) is 11.5 Å². The Balaban J connectivity index is 2.21. The van der Waals surface area contributed by atoms with E-state index in [0.29, 0.717) is 17.1 Å². The molecule has 1 amide bonds. The van der Waals surface area contributed by atoms with Crippen LogP contribution in [-0.2, 0) is 0 Å². The number of nitrogen functional groups attached to an aromatic ring is 1. The second kappa shape index (κ2) is 5.39. The van der Waals surface area contributed by atoms with E-state index >= 15 is 0 Å². The van der Waals surface area contributed by atoms with Gasteiger partial charge in [-0.1, -0.05) is 11.6 Å². The van der Waals surface area contributed by atoms with E-state index in [2.05, 4.69) is 25.7 Å². The SMILES string of the molecule is NNc1cc(C(=O)Nc2cncnc2)cc(Cl)n1. The van der Waals surface area contributed by atoms with Gasteiger partial charge < -0.3 is 10.7 Å². The van der Waals surface area contributed by atoms with E-state index in [-0.39, 0.29) is 11.1 Å². The second-order valence-corrected chi connectivity index (χ2v) is 3.68. The Bertz CT molecular complexity index is 562. The minimum absolute atomic E-state index is 0.167. The number of nitrogens with two attached hydrogens (primary N) is 1. The summed E-state index contributed by atoms with van der Waals surface area (Å²) in [6.45, 7) is 0. The molecule has 0 aliphatic rings. The van der Waals surface area contributed by atoms with E-state index in [1.165, 1.54) is 30.9 Å². The molecule has 8 heteroatoms. The summed E-state index contributed by atoms with van der Waals surface area (Å²) in [6.07, 6.45) is 4.33. The maximum absolute atomic E-state index is 11.9. The van der Waals surface area contributed by atoms with Crippen molar-refractivity contribution in [3.8, 4) is 0 Å². The first-order valence-corrected chi connectivity index (χ1v) is 5.27. The minimum atomic E-state index is -0.356. The van der Waals surface area contributed by atoms with E-state index in [1.54, 1.807) is 0 Å². The van der Waals surface area contributed by atoms with Crippen LogP contribution < -0.4 is 16.6 Å². The number of carbonyl (C=O) groups is 1. The van der Waals surface area contributed by atoms with Crippen molar-refractivity contribution in [2.75, 3.05) is 10.7 Å². The van der Waals surface area contributed by atoms with Crippen LogP contribution in [0.1, 0.15) is 10.4 Å². The number of nitrogens with zero attached hydrogens (tertiary/aromatic N) is 3. The monoisotopic (exact) mass is 264 g/mol. The van der Waals surface area contributed by atoms with Crippen LogP contribution in [0.3, 0.4) is 0 Å². The molecule has 2 heterocycles. The van der Waals surface area contributed by atoms with Gasteiger partial charge in [0.1, 0.15) is 17.3 Å². The van der Waals surface area contributed by atoms with Crippen LogP contribution in [0, 0.1) is 0 Å². The van der Waals surface area contributed by atoms with Gasteiger partial charge in [0.2, 0.25) is 0 Å². The van der Waals surface area contributed by atoms with Gasteiger partial charge in [-0.05, 0) is 12.1 Å². The molecule has 0 fully saturated rings. The molecular formula is C10H9ClN6O. The summed E-state index contributed by atoms with van der Waals surface area (Å²) in [5, 5.41) is 2.78. The summed E-state index contributed by atoms with van der Waals surface area (Å²) in [6, 6.07) is 2.91. The lowest BCUT2D eigenvalue weighted by Crippen LogP contribution is -2.14. The average Bonchev–Trinajstić information content (AvgIpc) is 2.39. The van der Waals surface area contributed by atoms with Gasteiger partial charge in [-0.25, -0.2) is 20.8 Å². The third-order valence-corrected chi connectivity index (χ3v) is 2.22. The molecule has 0 bridgehead atoms. The quantitative estimate of drug-likeness (QED) is 0.435. The van der Waals surface area contributed by atoms with Crippen molar-refractivity contribution in [2.24, 2.45) is 5.84 Å². The molecule has 0 atom stereocenters. The van der Waals surface area contributed by atoms with Crippen LogP contribution in [0.5, 0.6) is 0 Å². The summed E-state index contributed by atoms with van der Waals surface area (Å²) in [5.74, 6) is 5.16. The molecule has 7 nitrogen and oxygen atoms in total. The van der Waals surface area contributed by atoms with E-state index in [0.717, 1.165) is 0 Å². The predicted molar refractivity (Wildman–Crippen MR) is 67.0 cm³/mol. The molecular weight excluding hydrogens is 256 g/mol. The zero-order valence-electron chi connectivity index (χ0n) is 9.09. The fourth-order valence-corrected chi connectivity index (χ4v) is 1.48. The number of amides is 1. The Morgan fingerprint density at radius 3 is 2.67 bits per heavy atom. The molecule has 0 saturated carbocycles. The standard InChI is InChI=1S/C10H9ClN6O/c11-8-1-6(2-9(16-8)17-12)10(18)15-7-3-13-5-14-4-7/h1-5H,12H2,(H,15,18)(H,16,17). The van der Waals surface area contributed by atoms with Crippen LogP contribution in [-0.4, -0.2) is 20.9 Å². The maximum atomic E-state index is 11.9. The van der Waals surface area contributed by atoms with Gasteiger partial charge in [-0.2, -0.15) is 0 Å². The Labute approximate surface area is 107 Å². The Hall–Kier alpha value is -2.25. The van der Waals surface area contributed by atoms with Crippen molar-refractivity contribution < 1.29 is 4.79 Å². The summed E-state index contributed by atoms with van der Waals surface area (Å²) >= 11 is 5.76. The normalized spacial score (nSPS) is 9.89. The molecule has 2 rings (SSSR count). The number of rotatable bonds is 3. The third-order valence-electron chi connectivity index (χ3n) is 2.02. The van der Waals surface area contributed by atoms with Crippen molar-refractivity contribution in [1.29, 1.82) is 0 Å². The molecule has 0 aliphatic carbocycles. The lowest BCUT2D eigenvalue weighted by Gasteiger charge is -2.06. The molecule has 0 unspecified atom stereocenters. The number of pyridine rings is 1. The average molecular weight is 265 g/mol. The second-order valence-electron chi connectivity index (χ2n) is 3.29. The van der Waals surface area contributed by atoms with Gasteiger partial charge in [-0.3, -0.25) is 4.79 Å². The predicted octanol–water partition coefficient (Wildman–Crippen LogP) is 1.06. The lowest BCUT2D eigenvalue weighted by molar-refractivity contribution is 0.102. The Morgan fingerprint density at radius 2 is 2.00 bits per heavy atom. The zero-order valence-corrected chi connectivity index (χ0v) is 9.85. The van der Waals surface area contributed by atoms with Crippen molar-refractivity contribution in [2.45, 2.75) is 0 Å². The fraction of sp³-hybridized carbons (Fsp3) is 0. The molecule has 4 N–H and O–H groups in total. The van der Waals surface area contributed by atoms with Crippen LogP contribution >= 0.6 is 11.6 Å². The molecule has 92 valence electrons. The number of aromatic nitrogens is 3. The van der Waals surface area contributed by atoms with Crippen LogP contribution in [0.15, 0.2) is 30.9 Å². The number of carbonyl (C=O) groups excluding carboxylic acids is 1. The summed E-state index contributed by atoms with van der Waals surface area (Å²) in [5.41, 5.74) is 3.14. The highest BCUT2D eigenvalue weighted by atomic mass is 35.5. The van der Waals surface area contributed by atoms with Gasteiger partial charge in [0.05, 0.1) is 18.1 Å². The van der Waals surface area contributed by atoms with E-state index in [9.17, 15) is 4.79 Å². The maximum Gasteiger partial charge on any atom is 0.255 e. The molecule has 18 heavy (non-hydrogen) atoms. The third kappa shape index (κ3) is 2.90. The lowest BCUT2D eigenvalue weighted by atomic mass is 10.2. The van der Waals surface area contributed by atoms with Crippen molar-refractivity contribution >= 4 is 29.0 Å². The topological polar surface area (TPSA) is 106 Å². The minimum Gasteiger partial charge on any atom is -0.319 e. The van der Waals surface area contributed by atoms with Gasteiger partial charge in [0.15, 0.2) is 0 Å². The van der Waals surface area contributed by atoms with Crippen molar-refractivity contribution in [3.05, 3.63) is 41.6 Å². The van der Waals surface area contributed by atoms with E-state index in [4.69, 9.17) is 17.4 Å². The highest BCUT2D eigenvalue weighted by Crippen LogP contribution is 2.15. The first-order valence-electron chi connectivity index (χ1n) is 4.89. The van der Waals surface area contributed by atoms with Gasteiger partial charge >= 0.3 is 0 Å². The van der Waals surface area contributed by atoms with E-state index < -0.39 is 0 Å². The Kier molecular flexibility index (Phi) is 3.66. The summed E-state index contributed by atoms with van der Waals surface area (Å²) in [4.78, 5) is 23.4.